The third kappa shape index (κ3) is 2.19. The molecule has 3 rings (SSSR count). The number of imide groups is 1. The van der Waals surface area contributed by atoms with Gasteiger partial charge in [0.15, 0.2) is 5.16 Å². The smallest absolute Gasteiger partial charge is 0.349 e. The Kier molecular flexibility index (Phi) is 4.32. The van der Waals surface area contributed by atoms with Gasteiger partial charge in [-0.15, -0.1) is 0 Å². The summed E-state index contributed by atoms with van der Waals surface area (Å²) in [5, 5.41) is -1.79. The summed E-state index contributed by atoms with van der Waals surface area (Å²) >= 11 is 0. The number of rotatable bonds is 5. The molecule has 0 aromatic rings. The first-order valence-electron chi connectivity index (χ1n) is 7.66. The van der Waals surface area contributed by atoms with Crippen molar-refractivity contribution in [1.82, 2.24) is 4.90 Å². The van der Waals surface area contributed by atoms with Crippen LogP contribution in [0.4, 0.5) is 0 Å². The van der Waals surface area contributed by atoms with Gasteiger partial charge in [-0.2, -0.15) is 0 Å². The molecule has 134 valence electrons. The Morgan fingerprint density at radius 3 is 2.29 bits per heavy atom. The van der Waals surface area contributed by atoms with Crippen LogP contribution in [0.25, 0.3) is 0 Å². The van der Waals surface area contributed by atoms with E-state index in [0.29, 0.717) is 6.42 Å². The van der Waals surface area contributed by atoms with Crippen molar-refractivity contribution in [2.24, 2.45) is 0 Å². The molecule has 3 fully saturated rings. The predicted octanol–water partition coefficient (Wildman–Crippen LogP) is 0.463. The van der Waals surface area contributed by atoms with Crippen molar-refractivity contribution >= 4 is 25.4 Å². The Labute approximate surface area is 139 Å². The number of nitrogens with zero attached hydrogens (tertiary/aromatic N) is 1. The maximum atomic E-state index is 13.3. The van der Waals surface area contributed by atoms with Crippen LogP contribution >= 0.6 is 7.60 Å². The number of hydrogen-bond donors (Lipinski definition) is 0. The van der Waals surface area contributed by atoms with Crippen LogP contribution in [0, 0.1) is 0 Å². The summed E-state index contributed by atoms with van der Waals surface area (Å²) in [6, 6.07) is -1.06. The Balaban J connectivity index is 2.17. The number of esters is 1. The lowest BCUT2D eigenvalue weighted by molar-refractivity contribution is -0.152. The van der Waals surface area contributed by atoms with E-state index >= 15 is 0 Å². The Morgan fingerprint density at radius 1 is 1.21 bits per heavy atom. The molecule has 24 heavy (non-hydrogen) atoms. The minimum absolute atomic E-state index is 0.0498. The lowest BCUT2D eigenvalue weighted by atomic mass is 9.82. The van der Waals surface area contributed by atoms with Crippen molar-refractivity contribution in [1.29, 1.82) is 0 Å². The Morgan fingerprint density at radius 2 is 1.79 bits per heavy atom. The van der Waals surface area contributed by atoms with E-state index in [1.54, 1.807) is 0 Å². The largest absolute Gasteiger partial charge is 0.468 e. The minimum Gasteiger partial charge on any atom is -0.468 e. The first-order chi connectivity index (χ1) is 11.4. The molecule has 1 aliphatic carbocycles. The van der Waals surface area contributed by atoms with Crippen LogP contribution in [0.1, 0.15) is 25.7 Å². The maximum absolute atomic E-state index is 13.3. The zero-order chi connectivity index (χ0) is 17.7. The highest BCUT2D eigenvalue weighted by atomic mass is 31.2. The van der Waals surface area contributed by atoms with Gasteiger partial charge in [-0.25, -0.2) is 0 Å². The number of likely N-dealkylation sites (tertiary alicyclic amines) is 1. The number of epoxide rings is 1. The van der Waals surface area contributed by atoms with Crippen molar-refractivity contribution in [2.75, 3.05) is 21.3 Å². The molecule has 0 aromatic carbocycles. The van der Waals surface area contributed by atoms with Crippen LogP contribution in [0.15, 0.2) is 0 Å². The first kappa shape index (κ1) is 17.5. The number of hydrogen-bond acceptors (Lipinski definition) is 8. The minimum atomic E-state index is -4.03. The van der Waals surface area contributed by atoms with Gasteiger partial charge in [0.1, 0.15) is 6.10 Å². The van der Waals surface area contributed by atoms with Crippen LogP contribution in [0.3, 0.4) is 0 Å². The maximum Gasteiger partial charge on any atom is 0.349 e. The molecule has 0 radical (unpaired) electrons. The number of carbonyl (C=O) groups is 3. The molecular weight excluding hydrogens is 341 g/mol. The van der Waals surface area contributed by atoms with E-state index in [1.807, 2.05) is 0 Å². The molecule has 0 bridgehead atoms. The highest BCUT2D eigenvalue weighted by Crippen LogP contribution is 2.67. The molecule has 4 atom stereocenters. The van der Waals surface area contributed by atoms with Crippen LogP contribution in [0.5, 0.6) is 0 Å². The highest BCUT2D eigenvalue weighted by molar-refractivity contribution is 7.56. The van der Waals surface area contributed by atoms with Gasteiger partial charge in [0.2, 0.25) is 11.8 Å². The van der Waals surface area contributed by atoms with E-state index in [0.717, 1.165) is 12.0 Å². The van der Waals surface area contributed by atoms with Crippen molar-refractivity contribution in [3.63, 3.8) is 0 Å². The molecule has 3 aliphatic rings. The van der Waals surface area contributed by atoms with E-state index in [4.69, 9.17) is 18.5 Å². The second-order valence-electron chi connectivity index (χ2n) is 6.06. The quantitative estimate of drug-likeness (QED) is 0.301. The fourth-order valence-corrected chi connectivity index (χ4v) is 6.03. The van der Waals surface area contributed by atoms with Gasteiger partial charge >= 0.3 is 13.6 Å². The molecular formula is C14H20NO8P. The zero-order valence-corrected chi connectivity index (χ0v) is 14.6. The lowest BCUT2D eigenvalue weighted by Crippen LogP contribution is -2.63. The zero-order valence-electron chi connectivity index (χ0n) is 13.7. The summed E-state index contributed by atoms with van der Waals surface area (Å²) in [5.41, 5.74) is 0. The fourth-order valence-electron chi connectivity index (χ4n) is 3.92. The van der Waals surface area contributed by atoms with Gasteiger partial charge in [-0.05, 0) is 12.8 Å². The average Bonchev–Trinajstić information content (AvgIpc) is 3.31. The van der Waals surface area contributed by atoms with Gasteiger partial charge in [0, 0.05) is 27.1 Å². The molecule has 10 heteroatoms. The first-order valence-corrected chi connectivity index (χ1v) is 9.21. The lowest BCUT2D eigenvalue weighted by Gasteiger charge is -2.45. The van der Waals surface area contributed by atoms with E-state index in [9.17, 15) is 18.9 Å². The Hall–Kier alpha value is -1.28. The predicted molar refractivity (Wildman–Crippen MR) is 79.1 cm³/mol. The number of fused-ring (bicyclic) bond motifs is 1. The van der Waals surface area contributed by atoms with Crippen LogP contribution in [-0.4, -0.2) is 67.4 Å². The molecule has 0 unspecified atom stereocenters. The van der Waals surface area contributed by atoms with E-state index < -0.39 is 42.7 Å². The van der Waals surface area contributed by atoms with E-state index in [2.05, 4.69) is 0 Å². The Bertz CT molecular complexity index is 612. The van der Waals surface area contributed by atoms with Crippen LogP contribution in [-0.2, 0) is 37.5 Å². The standard InChI is InChI=1S/C14H20NO8P/c1-20-13(18)14(24(19,21-2)22-3)7-6-8-11(23-8)12(14)15-9(16)4-5-10(15)17/h8,11-12H,4-7H2,1-3H3/t8-,11-,12-,14-/m1/s1. The molecule has 2 saturated heterocycles. The molecule has 2 amide bonds. The SMILES string of the molecule is COC(=O)[C@@]1(P(=O)(OC)OC)CC[C@H]2O[C@H]2[C@H]1N1C(=O)CCC1=O. The molecule has 2 heterocycles. The topological polar surface area (TPSA) is 112 Å². The van der Waals surface area contributed by atoms with Crippen molar-refractivity contribution < 1.29 is 37.5 Å². The van der Waals surface area contributed by atoms with Gasteiger partial charge in [-0.3, -0.25) is 23.8 Å². The van der Waals surface area contributed by atoms with E-state index in [1.165, 1.54) is 14.2 Å². The normalized spacial score (nSPS) is 35.8. The van der Waals surface area contributed by atoms with E-state index in [-0.39, 0.29) is 25.4 Å². The number of amides is 2. The molecule has 0 spiro atoms. The summed E-state index contributed by atoms with van der Waals surface area (Å²) < 4.78 is 34.0. The summed E-state index contributed by atoms with van der Waals surface area (Å²) in [7, 11) is -0.544. The second-order valence-corrected chi connectivity index (χ2v) is 8.58. The summed E-state index contributed by atoms with van der Waals surface area (Å²) in [6.45, 7) is 0. The second kappa shape index (κ2) is 5.91. The molecule has 1 saturated carbocycles. The summed E-state index contributed by atoms with van der Waals surface area (Å²) in [6.07, 6.45) is -0.147. The van der Waals surface area contributed by atoms with Gasteiger partial charge in [0.25, 0.3) is 0 Å². The average molecular weight is 361 g/mol. The van der Waals surface area contributed by atoms with Gasteiger partial charge in [0.05, 0.1) is 19.3 Å². The molecule has 0 N–H and O–H groups in total. The van der Waals surface area contributed by atoms with Crippen molar-refractivity contribution in [2.45, 2.75) is 49.1 Å². The molecule has 9 nitrogen and oxygen atoms in total. The fraction of sp³-hybridized carbons (Fsp3) is 0.786. The summed E-state index contributed by atoms with van der Waals surface area (Å²) in [5.74, 6) is -1.68. The van der Waals surface area contributed by atoms with Crippen LogP contribution in [0.2, 0.25) is 0 Å². The van der Waals surface area contributed by atoms with Crippen molar-refractivity contribution in [3.8, 4) is 0 Å². The van der Waals surface area contributed by atoms with Crippen molar-refractivity contribution in [3.05, 3.63) is 0 Å². The number of methoxy groups -OCH3 is 1. The van der Waals surface area contributed by atoms with Gasteiger partial charge in [-0.1, -0.05) is 0 Å². The number of ether oxygens (including phenoxy) is 2. The number of carbonyl (C=O) groups excluding carboxylic acids is 3. The third-order valence-corrected chi connectivity index (χ3v) is 7.72. The third-order valence-electron chi connectivity index (χ3n) is 5.11. The molecule has 2 aliphatic heterocycles. The molecule has 0 aromatic heterocycles. The van der Waals surface area contributed by atoms with Crippen LogP contribution < -0.4 is 0 Å². The highest BCUT2D eigenvalue weighted by Gasteiger charge is 2.73. The monoisotopic (exact) mass is 361 g/mol. The van der Waals surface area contributed by atoms with Gasteiger partial charge < -0.3 is 18.5 Å². The summed E-state index contributed by atoms with van der Waals surface area (Å²) in [4.78, 5) is 38.3.